The van der Waals surface area contributed by atoms with E-state index in [9.17, 15) is 31.5 Å². The van der Waals surface area contributed by atoms with Crippen LogP contribution in [0.4, 0.5) is 18.9 Å². The summed E-state index contributed by atoms with van der Waals surface area (Å²) in [6, 6.07) is 4.86. The van der Waals surface area contributed by atoms with Gasteiger partial charge in [-0.3, -0.25) is 4.79 Å². The second kappa shape index (κ2) is 8.89. The number of hydrogen-bond acceptors (Lipinski definition) is 5. The maximum Gasteiger partial charge on any atom is 0.255 e. The van der Waals surface area contributed by atoms with E-state index < -0.39 is 44.0 Å². The zero-order chi connectivity index (χ0) is 25.8. The predicted molar refractivity (Wildman–Crippen MR) is 125 cm³/mol. The van der Waals surface area contributed by atoms with E-state index in [0.717, 1.165) is 6.07 Å². The first-order valence-corrected chi connectivity index (χ1v) is 13.2. The van der Waals surface area contributed by atoms with Gasteiger partial charge >= 0.3 is 0 Å². The van der Waals surface area contributed by atoms with E-state index in [1.807, 2.05) is 0 Å². The number of nitrogens with zero attached hydrogens (tertiary/aromatic N) is 1. The third-order valence-corrected chi connectivity index (χ3v) is 9.92. The van der Waals surface area contributed by atoms with Crippen LogP contribution in [0, 0.1) is 29.3 Å². The number of amides is 1. The van der Waals surface area contributed by atoms with E-state index in [1.54, 1.807) is 12.4 Å². The number of aromatic nitrogens is 2. The molecule has 3 aromatic rings. The molecule has 4 atom stereocenters. The van der Waals surface area contributed by atoms with Gasteiger partial charge in [0.2, 0.25) is 0 Å². The first-order chi connectivity index (χ1) is 17.0. The van der Waals surface area contributed by atoms with Crippen LogP contribution in [-0.2, 0) is 15.4 Å². The second-order valence-electron chi connectivity index (χ2n) is 9.23. The van der Waals surface area contributed by atoms with Crippen LogP contribution >= 0.6 is 11.6 Å². The summed E-state index contributed by atoms with van der Waals surface area (Å²) in [5, 5.41) is 12.7. The Morgan fingerprint density at radius 2 is 1.75 bits per heavy atom. The number of fused-ring (bicyclic) bond motifs is 2. The Morgan fingerprint density at radius 1 is 1.11 bits per heavy atom. The van der Waals surface area contributed by atoms with E-state index in [-0.39, 0.29) is 45.8 Å². The van der Waals surface area contributed by atoms with Crippen molar-refractivity contribution in [3.63, 3.8) is 0 Å². The zero-order valence-corrected chi connectivity index (χ0v) is 20.2. The third kappa shape index (κ3) is 3.99. The fourth-order valence-corrected chi connectivity index (χ4v) is 7.90. The Kier molecular flexibility index (Phi) is 6.12. The molecule has 2 bridgehead atoms. The molecule has 3 N–H and O–H groups in total. The maximum atomic E-state index is 13.6. The molecule has 2 fully saturated rings. The third-order valence-electron chi connectivity index (χ3n) is 7.26. The van der Waals surface area contributed by atoms with Gasteiger partial charge in [0.25, 0.3) is 5.91 Å². The van der Waals surface area contributed by atoms with Crippen molar-refractivity contribution in [2.45, 2.75) is 41.4 Å². The number of carbonyl (C=O) groups is 1. The van der Waals surface area contributed by atoms with E-state index in [0.29, 0.717) is 30.8 Å². The zero-order valence-electron chi connectivity index (χ0n) is 18.6. The Bertz CT molecular complexity index is 1410. The van der Waals surface area contributed by atoms with Crippen LogP contribution in [0.2, 0.25) is 5.02 Å². The minimum atomic E-state index is -4.01. The molecule has 0 aliphatic heterocycles. The molecule has 2 aliphatic rings. The van der Waals surface area contributed by atoms with Crippen molar-refractivity contribution in [1.82, 2.24) is 9.97 Å². The van der Waals surface area contributed by atoms with Gasteiger partial charge in [0, 0.05) is 35.8 Å². The Morgan fingerprint density at radius 3 is 2.33 bits per heavy atom. The lowest BCUT2D eigenvalue weighted by Gasteiger charge is -2.41. The van der Waals surface area contributed by atoms with Crippen molar-refractivity contribution in [3.05, 3.63) is 76.6 Å². The molecule has 5 rings (SSSR count). The highest BCUT2D eigenvalue weighted by atomic mass is 35.5. The highest BCUT2D eigenvalue weighted by molar-refractivity contribution is 7.92. The highest BCUT2D eigenvalue weighted by Crippen LogP contribution is 2.56. The summed E-state index contributed by atoms with van der Waals surface area (Å²) < 4.78 is 67.4. The Balaban J connectivity index is 1.41. The average molecular weight is 540 g/mol. The van der Waals surface area contributed by atoms with Crippen LogP contribution < -0.4 is 5.32 Å². The molecule has 36 heavy (non-hydrogen) atoms. The molecule has 0 radical (unpaired) electrons. The number of aliphatic hydroxyl groups is 1. The topological polar surface area (TPSA) is 112 Å². The first-order valence-electron chi connectivity index (χ1n) is 11.2. The van der Waals surface area contributed by atoms with E-state index >= 15 is 0 Å². The number of aromatic amines is 1. The highest BCUT2D eigenvalue weighted by Gasteiger charge is 2.58. The monoisotopic (exact) mass is 539 g/mol. The fraction of sp³-hybridized carbons (Fsp3) is 0.333. The summed E-state index contributed by atoms with van der Waals surface area (Å²) in [5.41, 5.74) is -1.69. The quantitative estimate of drug-likeness (QED) is 0.411. The van der Waals surface area contributed by atoms with Gasteiger partial charge < -0.3 is 15.4 Å². The molecule has 1 heterocycles. The van der Waals surface area contributed by atoms with Gasteiger partial charge in [0.05, 0.1) is 15.2 Å². The number of hydrogen-bond donors (Lipinski definition) is 3. The molecule has 0 saturated heterocycles. The van der Waals surface area contributed by atoms with Gasteiger partial charge in [-0.2, -0.15) is 0 Å². The summed E-state index contributed by atoms with van der Waals surface area (Å²) in [5.74, 6) is -5.71. The van der Waals surface area contributed by atoms with Crippen LogP contribution in [-0.4, -0.2) is 34.6 Å². The number of halogens is 4. The first kappa shape index (κ1) is 24.8. The molecule has 1 amide bonds. The molecule has 3 unspecified atom stereocenters. The van der Waals surface area contributed by atoms with Gasteiger partial charge in [-0.15, -0.1) is 0 Å². The lowest BCUT2D eigenvalue weighted by molar-refractivity contribution is -0.0713. The Hall–Kier alpha value is -2.89. The van der Waals surface area contributed by atoms with Gasteiger partial charge in [-0.05, 0) is 55.7 Å². The molecule has 2 aliphatic carbocycles. The summed E-state index contributed by atoms with van der Waals surface area (Å²) in [7, 11) is -4.01. The number of imidazole rings is 1. The lowest BCUT2D eigenvalue weighted by atomic mass is 9.74. The summed E-state index contributed by atoms with van der Waals surface area (Å²) in [4.78, 5) is 19.6. The van der Waals surface area contributed by atoms with Crippen LogP contribution in [0.3, 0.4) is 0 Å². The van der Waals surface area contributed by atoms with Gasteiger partial charge in [0.1, 0.15) is 11.4 Å². The van der Waals surface area contributed by atoms with Crippen LogP contribution in [0.1, 0.15) is 41.9 Å². The van der Waals surface area contributed by atoms with Crippen molar-refractivity contribution in [2.24, 2.45) is 11.8 Å². The second-order valence-corrected chi connectivity index (χ2v) is 11.8. The lowest BCUT2D eigenvalue weighted by Crippen LogP contribution is -2.46. The summed E-state index contributed by atoms with van der Waals surface area (Å²) >= 11 is 6.23. The van der Waals surface area contributed by atoms with E-state index in [1.165, 1.54) is 12.1 Å². The molecule has 7 nitrogen and oxygen atoms in total. The minimum Gasteiger partial charge on any atom is -0.381 e. The summed E-state index contributed by atoms with van der Waals surface area (Å²) in [6.45, 7) is 0. The normalized spacial score (nSPS) is 25.6. The number of rotatable bonds is 5. The summed E-state index contributed by atoms with van der Waals surface area (Å²) in [6.07, 6.45) is 4.83. The van der Waals surface area contributed by atoms with E-state index in [2.05, 4.69) is 15.3 Å². The number of nitrogens with one attached hydrogen (secondary N) is 2. The largest absolute Gasteiger partial charge is 0.381 e. The van der Waals surface area contributed by atoms with Crippen LogP contribution in [0.25, 0.3) is 0 Å². The van der Waals surface area contributed by atoms with Gasteiger partial charge in [0.15, 0.2) is 27.3 Å². The molecule has 1 aromatic heterocycles. The van der Waals surface area contributed by atoms with Crippen molar-refractivity contribution in [3.8, 4) is 0 Å². The van der Waals surface area contributed by atoms with Gasteiger partial charge in [-0.25, -0.2) is 26.6 Å². The molecule has 0 spiro atoms. The van der Waals surface area contributed by atoms with Crippen LogP contribution in [0.15, 0.2) is 47.6 Å². The average Bonchev–Trinajstić information content (AvgIpc) is 3.40. The number of benzene rings is 2. The molecule has 2 saturated carbocycles. The van der Waals surface area contributed by atoms with Crippen molar-refractivity contribution < 1.29 is 31.5 Å². The van der Waals surface area contributed by atoms with Crippen molar-refractivity contribution in [2.75, 3.05) is 5.32 Å². The molecule has 12 heteroatoms. The maximum absolute atomic E-state index is 13.6. The standard InChI is InChI=1S/C24H21ClF3N3O4S/c25-17-4-1-12(22(32)31-15-10-18(26)21(28)19(27)11-15)7-20(17)36(34,35)16-8-13-2-3-14(9-16)24(13,33)23-29-5-6-30-23/h1,4-7,10-11,13-14,16,33H,2-3,8-9H2,(H,29,30)(H,31,32)/t13-,14?,16?,24?/m0/s1. The molecule has 2 aromatic carbocycles. The minimum absolute atomic E-state index is 0.0790. The molecule has 190 valence electrons. The fourth-order valence-electron chi connectivity index (χ4n) is 5.50. The van der Waals surface area contributed by atoms with Crippen molar-refractivity contribution >= 4 is 33.0 Å². The number of sulfone groups is 1. The molecular formula is C24H21ClF3N3O4S. The van der Waals surface area contributed by atoms with Crippen molar-refractivity contribution in [1.29, 1.82) is 0 Å². The van der Waals surface area contributed by atoms with Crippen LogP contribution in [0.5, 0.6) is 0 Å². The predicted octanol–water partition coefficient (Wildman–Crippen LogP) is 4.58. The molecular weight excluding hydrogens is 519 g/mol. The SMILES string of the molecule is O=C(Nc1cc(F)c(F)c(F)c1)c1ccc(Cl)c(S(=O)(=O)C2CC3CC[C@@H](C2)C3(O)c2ncc[nH]2)c1. The smallest absolute Gasteiger partial charge is 0.255 e. The van der Waals surface area contributed by atoms with E-state index in [4.69, 9.17) is 11.6 Å². The number of anilines is 1. The Labute approximate surface area is 209 Å². The van der Waals surface area contributed by atoms with Gasteiger partial charge in [-0.1, -0.05) is 11.6 Å². The number of H-pyrrole nitrogens is 1. The number of carbonyl (C=O) groups excluding carboxylic acids is 1.